The Bertz CT molecular complexity index is 2180. The summed E-state index contributed by atoms with van der Waals surface area (Å²) in [5.74, 6) is 0. The SMILES string of the molecule is c1ccc(-c2ccc(N(c3ccc(-c4ccc5ccccc5c4)cc3)c3cccc4sc5cccnc5c34)cc2)cc1. The Hall–Kier alpha value is -5.25. The molecule has 0 unspecified atom stereocenters. The van der Waals surface area contributed by atoms with Crippen molar-refractivity contribution in [2.45, 2.75) is 0 Å². The minimum Gasteiger partial charge on any atom is -0.310 e. The second-order valence-electron chi connectivity index (χ2n) is 10.5. The van der Waals surface area contributed by atoms with Crippen molar-refractivity contribution >= 4 is 59.5 Å². The molecule has 8 rings (SSSR count). The van der Waals surface area contributed by atoms with Crippen LogP contribution >= 0.6 is 11.3 Å². The molecule has 2 heterocycles. The van der Waals surface area contributed by atoms with Crippen molar-refractivity contribution in [2.75, 3.05) is 4.90 Å². The lowest BCUT2D eigenvalue weighted by Gasteiger charge is -2.27. The third kappa shape index (κ3) is 4.32. The molecule has 2 aromatic heterocycles. The highest BCUT2D eigenvalue weighted by Crippen LogP contribution is 2.44. The molecule has 198 valence electrons. The summed E-state index contributed by atoms with van der Waals surface area (Å²) in [6.07, 6.45) is 1.89. The largest absolute Gasteiger partial charge is 0.310 e. The molecule has 6 aromatic carbocycles. The van der Waals surface area contributed by atoms with E-state index in [2.05, 4.69) is 150 Å². The lowest BCUT2D eigenvalue weighted by atomic mass is 10.0. The molecule has 2 nitrogen and oxygen atoms in total. The average molecular weight is 555 g/mol. The number of rotatable bonds is 5. The molecule has 0 bridgehead atoms. The molecule has 0 fully saturated rings. The first-order valence-corrected chi connectivity index (χ1v) is 14.9. The molecule has 0 saturated heterocycles. The summed E-state index contributed by atoms with van der Waals surface area (Å²) in [5, 5.41) is 3.69. The van der Waals surface area contributed by atoms with Gasteiger partial charge in [-0.3, -0.25) is 4.98 Å². The van der Waals surface area contributed by atoms with Crippen molar-refractivity contribution in [3.8, 4) is 22.3 Å². The molecule has 0 spiro atoms. The molecule has 8 aromatic rings. The van der Waals surface area contributed by atoms with Crippen molar-refractivity contribution < 1.29 is 0 Å². The normalized spacial score (nSPS) is 11.3. The number of pyridine rings is 1. The summed E-state index contributed by atoms with van der Waals surface area (Å²) in [6.45, 7) is 0. The van der Waals surface area contributed by atoms with Crippen LogP contribution in [0.5, 0.6) is 0 Å². The first kappa shape index (κ1) is 24.5. The lowest BCUT2D eigenvalue weighted by Crippen LogP contribution is -2.10. The van der Waals surface area contributed by atoms with Gasteiger partial charge in [0.05, 0.1) is 15.9 Å². The van der Waals surface area contributed by atoms with Crippen LogP contribution in [0.25, 0.3) is 53.3 Å². The standard InChI is InChI=1S/C39H26N2S/c1-2-8-27(9-3-1)29-17-21-33(22-18-29)41(35-12-6-13-36-38(35)39-37(42-36)14-7-25-40-39)34-23-19-30(20-24-34)32-16-15-28-10-4-5-11-31(28)26-32/h1-26H. The lowest BCUT2D eigenvalue weighted by molar-refractivity contribution is 1.30. The number of fused-ring (bicyclic) bond motifs is 4. The fraction of sp³-hybridized carbons (Fsp3) is 0. The molecule has 0 aliphatic carbocycles. The first-order chi connectivity index (χ1) is 20.8. The van der Waals surface area contributed by atoms with Crippen LogP contribution in [0.4, 0.5) is 17.1 Å². The van der Waals surface area contributed by atoms with E-state index in [0.717, 1.165) is 22.6 Å². The molecule has 3 heteroatoms. The number of thiophene rings is 1. The van der Waals surface area contributed by atoms with Gasteiger partial charge in [-0.05, 0) is 87.6 Å². The Morgan fingerprint density at radius 3 is 1.83 bits per heavy atom. The predicted octanol–water partition coefficient (Wildman–Crippen LogP) is 11.4. The minimum atomic E-state index is 1.05. The molecule has 0 aliphatic heterocycles. The smallest absolute Gasteiger partial charge is 0.0909 e. The molecule has 0 saturated carbocycles. The Morgan fingerprint density at radius 2 is 1.07 bits per heavy atom. The van der Waals surface area contributed by atoms with Crippen LogP contribution in [0.15, 0.2) is 158 Å². The third-order valence-electron chi connectivity index (χ3n) is 7.91. The highest BCUT2D eigenvalue weighted by atomic mass is 32.1. The predicted molar refractivity (Wildman–Crippen MR) is 180 cm³/mol. The van der Waals surface area contributed by atoms with E-state index in [1.807, 2.05) is 12.3 Å². The zero-order valence-electron chi connectivity index (χ0n) is 22.8. The van der Waals surface area contributed by atoms with Gasteiger partial charge in [0, 0.05) is 27.7 Å². The van der Waals surface area contributed by atoms with Crippen molar-refractivity contribution in [3.63, 3.8) is 0 Å². The Labute approximate surface area is 248 Å². The van der Waals surface area contributed by atoms with E-state index in [-0.39, 0.29) is 0 Å². The number of benzene rings is 6. The van der Waals surface area contributed by atoms with Gasteiger partial charge in [-0.15, -0.1) is 11.3 Å². The van der Waals surface area contributed by atoms with Crippen molar-refractivity contribution in [3.05, 3.63) is 158 Å². The molecule has 0 aliphatic rings. The Balaban J connectivity index is 1.27. The van der Waals surface area contributed by atoms with E-state index < -0.39 is 0 Å². The van der Waals surface area contributed by atoms with Crippen LogP contribution in [-0.2, 0) is 0 Å². The molecule has 0 amide bonds. The second-order valence-corrected chi connectivity index (χ2v) is 11.5. The fourth-order valence-corrected chi connectivity index (χ4v) is 6.93. The summed E-state index contributed by atoms with van der Waals surface area (Å²) >= 11 is 1.79. The van der Waals surface area contributed by atoms with Crippen LogP contribution < -0.4 is 4.90 Å². The number of hydrogen-bond donors (Lipinski definition) is 0. The summed E-state index contributed by atoms with van der Waals surface area (Å²) in [4.78, 5) is 7.18. The van der Waals surface area contributed by atoms with Gasteiger partial charge in [-0.2, -0.15) is 0 Å². The first-order valence-electron chi connectivity index (χ1n) is 14.1. The van der Waals surface area contributed by atoms with Gasteiger partial charge in [0.1, 0.15) is 0 Å². The third-order valence-corrected chi connectivity index (χ3v) is 9.02. The second kappa shape index (κ2) is 10.3. The summed E-state index contributed by atoms with van der Waals surface area (Å²) < 4.78 is 2.44. The quantitative estimate of drug-likeness (QED) is 0.210. The van der Waals surface area contributed by atoms with Gasteiger partial charge >= 0.3 is 0 Å². The maximum absolute atomic E-state index is 4.82. The molecule has 0 radical (unpaired) electrons. The van der Waals surface area contributed by atoms with Crippen LogP contribution in [0.3, 0.4) is 0 Å². The van der Waals surface area contributed by atoms with E-state index in [4.69, 9.17) is 4.98 Å². The van der Waals surface area contributed by atoms with Crippen LogP contribution in [0, 0.1) is 0 Å². The van der Waals surface area contributed by atoms with Crippen molar-refractivity contribution in [1.82, 2.24) is 4.98 Å². The monoisotopic (exact) mass is 554 g/mol. The van der Waals surface area contributed by atoms with E-state index in [0.29, 0.717) is 0 Å². The van der Waals surface area contributed by atoms with Crippen LogP contribution in [-0.4, -0.2) is 4.98 Å². The number of nitrogens with zero attached hydrogens (tertiary/aromatic N) is 2. The highest BCUT2D eigenvalue weighted by Gasteiger charge is 2.19. The fourth-order valence-electron chi connectivity index (χ4n) is 5.84. The zero-order valence-corrected chi connectivity index (χ0v) is 23.6. The summed E-state index contributed by atoms with van der Waals surface area (Å²) in [6, 6.07) is 54.3. The van der Waals surface area contributed by atoms with Gasteiger partial charge in [0.15, 0.2) is 0 Å². The highest BCUT2D eigenvalue weighted by molar-refractivity contribution is 7.25. The van der Waals surface area contributed by atoms with E-state index in [1.165, 1.54) is 47.8 Å². The van der Waals surface area contributed by atoms with Gasteiger partial charge in [0.25, 0.3) is 0 Å². The zero-order chi connectivity index (χ0) is 27.9. The number of hydrogen-bond acceptors (Lipinski definition) is 3. The van der Waals surface area contributed by atoms with E-state index in [1.54, 1.807) is 11.3 Å². The molecule has 0 atom stereocenters. The molecule has 42 heavy (non-hydrogen) atoms. The number of anilines is 3. The van der Waals surface area contributed by atoms with E-state index >= 15 is 0 Å². The van der Waals surface area contributed by atoms with Crippen LogP contribution in [0.1, 0.15) is 0 Å². The Kier molecular flexibility index (Phi) is 6.02. The van der Waals surface area contributed by atoms with E-state index in [9.17, 15) is 0 Å². The van der Waals surface area contributed by atoms with Gasteiger partial charge in [0.2, 0.25) is 0 Å². The topological polar surface area (TPSA) is 16.1 Å². The Morgan fingerprint density at radius 1 is 0.452 bits per heavy atom. The average Bonchev–Trinajstić information content (AvgIpc) is 3.45. The minimum absolute atomic E-state index is 1.05. The van der Waals surface area contributed by atoms with Gasteiger partial charge < -0.3 is 4.90 Å². The van der Waals surface area contributed by atoms with Crippen LogP contribution in [0.2, 0.25) is 0 Å². The van der Waals surface area contributed by atoms with Gasteiger partial charge in [-0.25, -0.2) is 0 Å². The van der Waals surface area contributed by atoms with Gasteiger partial charge in [-0.1, -0.05) is 97.1 Å². The summed E-state index contributed by atoms with van der Waals surface area (Å²) in [7, 11) is 0. The number of aromatic nitrogens is 1. The van der Waals surface area contributed by atoms with Crippen molar-refractivity contribution in [1.29, 1.82) is 0 Å². The molecular weight excluding hydrogens is 529 g/mol. The van der Waals surface area contributed by atoms with Crippen molar-refractivity contribution in [2.24, 2.45) is 0 Å². The molecular formula is C39H26N2S. The maximum Gasteiger partial charge on any atom is 0.0909 e. The maximum atomic E-state index is 4.82. The summed E-state index contributed by atoms with van der Waals surface area (Å²) in [5.41, 5.74) is 9.22. The molecule has 0 N–H and O–H groups in total.